The summed E-state index contributed by atoms with van der Waals surface area (Å²) in [5.41, 5.74) is 0.579. The van der Waals surface area contributed by atoms with Crippen LogP contribution in [0.3, 0.4) is 0 Å². The lowest BCUT2D eigenvalue weighted by atomic mass is 10.0. The van der Waals surface area contributed by atoms with Crippen molar-refractivity contribution in [2.45, 2.75) is 39.5 Å². The van der Waals surface area contributed by atoms with Gasteiger partial charge in [0.1, 0.15) is 6.61 Å². The first-order valence-corrected chi connectivity index (χ1v) is 6.66. The Balaban J connectivity index is 1.89. The van der Waals surface area contributed by atoms with E-state index in [-0.39, 0.29) is 12.6 Å². The van der Waals surface area contributed by atoms with Crippen molar-refractivity contribution in [1.29, 1.82) is 0 Å². The van der Waals surface area contributed by atoms with Gasteiger partial charge in [-0.1, -0.05) is 13.3 Å². The highest BCUT2D eigenvalue weighted by atomic mass is 16.6. The molecule has 0 aromatic carbocycles. The van der Waals surface area contributed by atoms with Gasteiger partial charge in [0, 0.05) is 13.1 Å². The predicted octanol–water partition coefficient (Wildman–Crippen LogP) is 1.74. The zero-order valence-corrected chi connectivity index (χ0v) is 11.1. The molecule has 1 saturated carbocycles. The lowest BCUT2D eigenvalue weighted by Gasteiger charge is -2.14. The first-order chi connectivity index (χ1) is 8.22. The van der Waals surface area contributed by atoms with Gasteiger partial charge in [0.05, 0.1) is 13.2 Å². The molecule has 0 saturated heterocycles. The van der Waals surface area contributed by atoms with Crippen molar-refractivity contribution >= 4 is 5.97 Å². The molecule has 0 unspecified atom stereocenters. The second-order valence-electron chi connectivity index (χ2n) is 4.78. The third-order valence-corrected chi connectivity index (χ3v) is 3.19. The molecule has 0 aromatic rings. The molecule has 1 aliphatic rings. The molecule has 1 rings (SSSR count). The number of ether oxygens (including phenoxy) is 2. The molecule has 0 spiro atoms. The Morgan fingerprint density at radius 1 is 1.35 bits per heavy atom. The van der Waals surface area contributed by atoms with Crippen LogP contribution in [0.1, 0.15) is 39.5 Å². The maximum atomic E-state index is 11.0. The second kappa shape index (κ2) is 7.67. The van der Waals surface area contributed by atoms with E-state index in [4.69, 9.17) is 9.47 Å². The molecule has 0 atom stereocenters. The molecule has 0 radical (unpaired) electrons. The van der Waals surface area contributed by atoms with Gasteiger partial charge in [-0.3, -0.25) is 0 Å². The molecule has 1 aliphatic carbocycles. The topological polar surface area (TPSA) is 47.6 Å². The van der Waals surface area contributed by atoms with Crippen LogP contribution < -0.4 is 5.32 Å². The number of carbonyl (C=O) groups excluding carboxylic acids is 1. The summed E-state index contributed by atoms with van der Waals surface area (Å²) < 4.78 is 9.97. The van der Waals surface area contributed by atoms with Crippen LogP contribution in [0.25, 0.3) is 0 Å². The van der Waals surface area contributed by atoms with E-state index in [9.17, 15) is 4.79 Å². The van der Waals surface area contributed by atoms with E-state index in [1.807, 2.05) is 0 Å². The fraction of sp³-hybridized carbons (Fsp3) is 0.923. The maximum absolute atomic E-state index is 11.0. The van der Waals surface area contributed by atoms with Gasteiger partial charge in [-0.15, -0.1) is 0 Å². The third-order valence-electron chi connectivity index (χ3n) is 3.19. The molecule has 0 aromatic heterocycles. The van der Waals surface area contributed by atoms with Crippen molar-refractivity contribution in [2.24, 2.45) is 5.41 Å². The molecule has 1 fully saturated rings. The third kappa shape index (κ3) is 6.03. The smallest absolute Gasteiger partial charge is 0.332 e. The van der Waals surface area contributed by atoms with Crippen molar-refractivity contribution in [3.8, 4) is 0 Å². The Kier molecular flexibility index (Phi) is 6.52. The van der Waals surface area contributed by atoms with E-state index in [2.05, 4.69) is 12.2 Å². The van der Waals surface area contributed by atoms with Gasteiger partial charge in [-0.05, 0) is 31.6 Å². The summed E-state index contributed by atoms with van der Waals surface area (Å²) in [5, 5.41) is 3.40. The minimum Gasteiger partial charge on any atom is -0.464 e. The predicted molar refractivity (Wildman–Crippen MR) is 66.9 cm³/mol. The van der Waals surface area contributed by atoms with E-state index in [0.29, 0.717) is 18.6 Å². The summed E-state index contributed by atoms with van der Waals surface area (Å²) in [5.74, 6) is -0.280. The first kappa shape index (κ1) is 14.5. The molecule has 0 heterocycles. The Bertz CT molecular complexity index is 227. The average molecular weight is 243 g/mol. The minimum atomic E-state index is -0.280. The lowest BCUT2D eigenvalue weighted by molar-refractivity contribution is -0.148. The van der Waals surface area contributed by atoms with Gasteiger partial charge < -0.3 is 14.8 Å². The van der Waals surface area contributed by atoms with Gasteiger partial charge in [-0.25, -0.2) is 4.79 Å². The molecule has 0 amide bonds. The lowest BCUT2D eigenvalue weighted by Crippen LogP contribution is -2.28. The number of nitrogens with one attached hydrogen (secondary N) is 1. The number of esters is 1. The van der Waals surface area contributed by atoms with Gasteiger partial charge in [0.2, 0.25) is 0 Å². The Morgan fingerprint density at radius 2 is 2.12 bits per heavy atom. The largest absolute Gasteiger partial charge is 0.464 e. The number of hydrogen-bond acceptors (Lipinski definition) is 4. The molecule has 4 heteroatoms. The minimum absolute atomic E-state index is 0.0651. The Morgan fingerprint density at radius 3 is 2.71 bits per heavy atom. The number of rotatable bonds is 10. The van der Waals surface area contributed by atoms with Crippen LogP contribution in [0, 0.1) is 5.41 Å². The highest BCUT2D eigenvalue weighted by Gasteiger charge is 2.40. The van der Waals surface area contributed by atoms with Gasteiger partial charge in [0.15, 0.2) is 0 Å². The van der Waals surface area contributed by atoms with Crippen LogP contribution in [0.2, 0.25) is 0 Å². The zero-order chi connectivity index (χ0) is 12.6. The molecular formula is C13H25NO3. The Labute approximate surface area is 104 Å². The van der Waals surface area contributed by atoms with Crippen molar-refractivity contribution < 1.29 is 14.3 Å². The standard InChI is InChI=1S/C13H25NO3/c1-3-5-13(6-7-13)11-14-8-9-16-10-12(15)17-4-2/h14H,3-11H2,1-2H3. The van der Waals surface area contributed by atoms with Crippen LogP contribution in [0.5, 0.6) is 0 Å². The van der Waals surface area contributed by atoms with Crippen molar-refractivity contribution in [1.82, 2.24) is 5.32 Å². The SMILES string of the molecule is CCCC1(CNCCOCC(=O)OCC)CC1. The average Bonchev–Trinajstić information content (AvgIpc) is 3.04. The molecular weight excluding hydrogens is 218 g/mol. The summed E-state index contributed by atoms with van der Waals surface area (Å²) in [7, 11) is 0. The monoisotopic (exact) mass is 243 g/mol. The van der Waals surface area contributed by atoms with Gasteiger partial charge >= 0.3 is 5.97 Å². The van der Waals surface area contributed by atoms with E-state index >= 15 is 0 Å². The normalized spacial score (nSPS) is 16.8. The number of carbonyl (C=O) groups is 1. The molecule has 17 heavy (non-hydrogen) atoms. The van der Waals surface area contributed by atoms with Crippen molar-refractivity contribution in [2.75, 3.05) is 32.9 Å². The van der Waals surface area contributed by atoms with Gasteiger partial charge in [-0.2, -0.15) is 0 Å². The molecule has 1 N–H and O–H groups in total. The van der Waals surface area contributed by atoms with Crippen LogP contribution in [0.15, 0.2) is 0 Å². The summed E-state index contributed by atoms with van der Waals surface area (Å²) in [6.07, 6.45) is 5.31. The van der Waals surface area contributed by atoms with E-state index < -0.39 is 0 Å². The fourth-order valence-corrected chi connectivity index (χ4v) is 2.08. The molecule has 0 bridgehead atoms. The summed E-state index contributed by atoms with van der Waals surface area (Å²) >= 11 is 0. The van der Waals surface area contributed by atoms with E-state index in [0.717, 1.165) is 13.1 Å². The number of hydrogen-bond donors (Lipinski definition) is 1. The fourth-order valence-electron chi connectivity index (χ4n) is 2.08. The van der Waals surface area contributed by atoms with Crippen LogP contribution in [-0.2, 0) is 14.3 Å². The van der Waals surface area contributed by atoms with Crippen LogP contribution >= 0.6 is 0 Å². The Hall–Kier alpha value is -0.610. The summed E-state index contributed by atoms with van der Waals surface area (Å²) in [6.45, 7) is 6.98. The van der Waals surface area contributed by atoms with Crippen LogP contribution in [-0.4, -0.2) is 38.9 Å². The van der Waals surface area contributed by atoms with Crippen molar-refractivity contribution in [3.63, 3.8) is 0 Å². The second-order valence-corrected chi connectivity index (χ2v) is 4.78. The van der Waals surface area contributed by atoms with Crippen LogP contribution in [0.4, 0.5) is 0 Å². The summed E-state index contributed by atoms with van der Waals surface area (Å²) in [6, 6.07) is 0. The van der Waals surface area contributed by atoms with E-state index in [1.165, 1.54) is 25.7 Å². The molecule has 4 nitrogen and oxygen atoms in total. The first-order valence-electron chi connectivity index (χ1n) is 6.66. The summed E-state index contributed by atoms with van der Waals surface area (Å²) in [4.78, 5) is 11.0. The van der Waals surface area contributed by atoms with Gasteiger partial charge in [0.25, 0.3) is 0 Å². The zero-order valence-electron chi connectivity index (χ0n) is 11.1. The highest BCUT2D eigenvalue weighted by molar-refractivity contribution is 5.70. The quantitative estimate of drug-likeness (QED) is 0.469. The highest BCUT2D eigenvalue weighted by Crippen LogP contribution is 2.48. The van der Waals surface area contributed by atoms with Crippen molar-refractivity contribution in [3.05, 3.63) is 0 Å². The maximum Gasteiger partial charge on any atom is 0.332 e. The molecule has 0 aliphatic heterocycles. The molecule has 100 valence electrons. The van der Waals surface area contributed by atoms with E-state index in [1.54, 1.807) is 6.92 Å².